The molecule has 2 N–H and O–H groups in total. The maximum atomic E-state index is 3.82. The molecule has 0 bridgehead atoms. The Morgan fingerprint density at radius 1 is 0.750 bits per heavy atom. The molecule has 1 aromatic rings. The molecule has 28 heavy (non-hydrogen) atoms. The zero-order chi connectivity index (χ0) is 19.7. The van der Waals surface area contributed by atoms with Crippen LogP contribution in [0.4, 0.5) is 0 Å². The van der Waals surface area contributed by atoms with E-state index < -0.39 is 8.07 Å². The summed E-state index contributed by atoms with van der Waals surface area (Å²) in [4.78, 5) is 3.34. The first-order valence-corrected chi connectivity index (χ1v) is 13.5. The van der Waals surface area contributed by atoms with E-state index in [4.69, 9.17) is 0 Å². The number of nitrogens with one attached hydrogen (secondary N) is 2. The molecule has 0 radical (unpaired) electrons. The normalized spacial score (nSPS) is 18.8. The van der Waals surface area contributed by atoms with Crippen molar-refractivity contribution in [3.63, 3.8) is 0 Å². The Labute approximate surface area is 173 Å². The highest BCUT2D eigenvalue weighted by atomic mass is 28.3. The first kappa shape index (κ1) is 21.2. The van der Waals surface area contributed by atoms with E-state index in [-0.39, 0.29) is 0 Å². The molecule has 1 aromatic carbocycles. The van der Waals surface area contributed by atoms with Crippen molar-refractivity contribution in [1.82, 2.24) is 0 Å². The standard InChI is InChI=1S/C25H36N2Si/c1-24(2)28(25-14-6-3-7-15-25,22-12-20-26-16-8-4-9-17-26)23-13-21-27-18-10-5-11-19-27/h3,6-7,14-15,24H,4-5,8-11,16-21H2,1-2H3/p+2. The van der Waals surface area contributed by atoms with Gasteiger partial charge in [-0.25, -0.2) is 0 Å². The van der Waals surface area contributed by atoms with E-state index in [1.165, 1.54) is 69.9 Å². The minimum absolute atomic E-state index is 0.502. The van der Waals surface area contributed by atoms with Crippen LogP contribution >= 0.6 is 0 Å². The summed E-state index contributed by atoms with van der Waals surface area (Å²) in [7, 11) is -2.17. The van der Waals surface area contributed by atoms with Gasteiger partial charge in [0.1, 0.15) is 13.1 Å². The molecular formula is C25H38N2Si+2. The molecule has 3 rings (SSSR count). The molecule has 0 aromatic heterocycles. The predicted octanol–water partition coefficient (Wildman–Crippen LogP) is 0.975. The Hall–Kier alpha value is -1.52. The average Bonchev–Trinajstić information content (AvgIpc) is 2.74. The molecule has 150 valence electrons. The van der Waals surface area contributed by atoms with Crippen LogP contribution in [0.15, 0.2) is 30.3 Å². The van der Waals surface area contributed by atoms with Crippen molar-refractivity contribution in [3.8, 4) is 22.9 Å². The maximum absolute atomic E-state index is 3.82. The molecule has 3 heteroatoms. The van der Waals surface area contributed by atoms with E-state index in [1.54, 1.807) is 9.80 Å². The molecule has 2 aliphatic heterocycles. The third-order valence-corrected chi connectivity index (χ3v) is 10.6. The van der Waals surface area contributed by atoms with Crippen molar-refractivity contribution in [3.05, 3.63) is 30.3 Å². The van der Waals surface area contributed by atoms with Gasteiger partial charge in [-0.15, -0.1) is 11.1 Å². The summed E-state index contributed by atoms with van der Waals surface area (Å²) in [5, 5.41) is 1.40. The summed E-state index contributed by atoms with van der Waals surface area (Å²) in [5.41, 5.74) is 8.14. The van der Waals surface area contributed by atoms with Gasteiger partial charge in [0, 0.05) is 0 Å². The van der Waals surface area contributed by atoms with Crippen molar-refractivity contribution in [1.29, 1.82) is 0 Å². The first-order valence-electron chi connectivity index (χ1n) is 11.4. The molecule has 2 saturated heterocycles. The fourth-order valence-electron chi connectivity index (χ4n) is 4.57. The Bertz CT molecular complexity index is 670. The van der Waals surface area contributed by atoms with Crippen molar-refractivity contribution in [2.45, 2.75) is 57.9 Å². The summed E-state index contributed by atoms with van der Waals surface area (Å²) >= 11 is 0. The average molecular weight is 395 g/mol. The van der Waals surface area contributed by atoms with Crippen molar-refractivity contribution >= 4 is 13.3 Å². The molecule has 0 amide bonds. The number of hydrogen-bond acceptors (Lipinski definition) is 0. The van der Waals surface area contributed by atoms with E-state index >= 15 is 0 Å². The van der Waals surface area contributed by atoms with Crippen LogP contribution in [0, 0.1) is 22.9 Å². The zero-order valence-corrected chi connectivity index (χ0v) is 18.9. The number of hydrogen-bond donors (Lipinski definition) is 2. The van der Waals surface area contributed by atoms with Crippen molar-refractivity contribution in [2.24, 2.45) is 0 Å². The lowest BCUT2D eigenvalue weighted by molar-refractivity contribution is -0.897. The van der Waals surface area contributed by atoms with E-state index in [0.29, 0.717) is 5.54 Å². The van der Waals surface area contributed by atoms with E-state index in [0.717, 1.165) is 13.1 Å². The molecular weight excluding hydrogens is 356 g/mol. The van der Waals surface area contributed by atoms with Gasteiger partial charge < -0.3 is 9.80 Å². The minimum atomic E-state index is -2.17. The molecule has 2 heterocycles. The maximum Gasteiger partial charge on any atom is 0.249 e. The summed E-state index contributed by atoms with van der Waals surface area (Å²) < 4.78 is 0. The van der Waals surface area contributed by atoms with Gasteiger partial charge in [0.2, 0.25) is 8.07 Å². The second-order valence-electron chi connectivity index (χ2n) is 8.91. The molecule has 0 saturated carbocycles. The topological polar surface area (TPSA) is 8.88 Å². The molecule has 0 atom stereocenters. The Balaban J connectivity index is 1.82. The van der Waals surface area contributed by atoms with E-state index in [9.17, 15) is 0 Å². The number of quaternary nitrogens is 2. The lowest BCUT2D eigenvalue weighted by atomic mass is 10.1. The summed E-state index contributed by atoms with van der Waals surface area (Å²) in [6, 6.07) is 11.0. The lowest BCUT2D eigenvalue weighted by Gasteiger charge is -2.26. The largest absolute Gasteiger partial charge is 0.325 e. The third-order valence-electron chi connectivity index (χ3n) is 6.46. The van der Waals surface area contributed by atoms with Gasteiger partial charge in [0.05, 0.1) is 26.2 Å². The van der Waals surface area contributed by atoms with Crippen molar-refractivity contribution in [2.75, 3.05) is 39.3 Å². The van der Waals surface area contributed by atoms with Gasteiger partial charge >= 0.3 is 0 Å². The summed E-state index contributed by atoms with van der Waals surface area (Å²) in [5.74, 6) is 7.26. The van der Waals surface area contributed by atoms with Gasteiger partial charge in [0.25, 0.3) is 0 Å². The molecule has 2 fully saturated rings. The Kier molecular flexibility index (Phi) is 8.23. The van der Waals surface area contributed by atoms with Crippen molar-refractivity contribution < 1.29 is 9.80 Å². The highest BCUT2D eigenvalue weighted by molar-refractivity contribution is 7.05. The Morgan fingerprint density at radius 3 is 1.64 bits per heavy atom. The number of likely N-dealkylation sites (tertiary alicyclic amines) is 2. The zero-order valence-electron chi connectivity index (χ0n) is 17.9. The second-order valence-corrected chi connectivity index (χ2v) is 12.8. The molecule has 2 aliphatic rings. The fourth-order valence-corrected chi connectivity index (χ4v) is 7.62. The highest BCUT2D eigenvalue weighted by Crippen LogP contribution is 2.19. The third kappa shape index (κ3) is 5.74. The number of benzene rings is 1. The lowest BCUT2D eigenvalue weighted by Crippen LogP contribution is -3.12. The van der Waals surface area contributed by atoms with Gasteiger partial charge in [-0.3, -0.25) is 0 Å². The molecule has 0 unspecified atom stereocenters. The van der Waals surface area contributed by atoms with Crippen LogP contribution in [0.1, 0.15) is 52.4 Å². The smallest absolute Gasteiger partial charge is 0.249 e. The first-order chi connectivity index (χ1) is 13.7. The SMILES string of the molecule is CC(C)[Si](C#CC[NH+]1CCCCC1)(C#CC[NH+]1CCCCC1)c1ccccc1. The fraction of sp³-hybridized carbons (Fsp3) is 0.600. The quantitative estimate of drug-likeness (QED) is 0.556. The molecule has 0 aliphatic carbocycles. The van der Waals surface area contributed by atoms with Crippen LogP contribution < -0.4 is 15.0 Å². The highest BCUT2D eigenvalue weighted by Gasteiger charge is 2.36. The van der Waals surface area contributed by atoms with Crippen LogP contribution in [-0.2, 0) is 0 Å². The minimum Gasteiger partial charge on any atom is -0.325 e. The number of piperidine rings is 2. The van der Waals surface area contributed by atoms with Crippen LogP contribution in [0.2, 0.25) is 5.54 Å². The van der Waals surface area contributed by atoms with E-state index in [2.05, 4.69) is 67.1 Å². The van der Waals surface area contributed by atoms with Gasteiger partial charge in [-0.2, -0.15) is 0 Å². The second kappa shape index (κ2) is 10.9. The van der Waals surface area contributed by atoms with Crippen LogP contribution in [0.3, 0.4) is 0 Å². The summed E-state index contributed by atoms with van der Waals surface area (Å²) in [6.07, 6.45) is 8.25. The van der Waals surface area contributed by atoms with Crippen LogP contribution in [0.5, 0.6) is 0 Å². The van der Waals surface area contributed by atoms with Gasteiger partial charge in [-0.1, -0.05) is 44.2 Å². The van der Waals surface area contributed by atoms with Crippen LogP contribution in [-0.4, -0.2) is 47.3 Å². The predicted molar refractivity (Wildman–Crippen MR) is 121 cm³/mol. The van der Waals surface area contributed by atoms with Crippen LogP contribution in [0.25, 0.3) is 0 Å². The van der Waals surface area contributed by atoms with E-state index in [1.807, 2.05) is 0 Å². The summed E-state index contributed by atoms with van der Waals surface area (Å²) in [6.45, 7) is 11.8. The Morgan fingerprint density at radius 2 is 1.21 bits per heavy atom. The van der Waals surface area contributed by atoms with Gasteiger partial charge in [-0.05, 0) is 61.1 Å². The molecule has 0 spiro atoms. The molecule has 2 nitrogen and oxygen atoms in total. The van der Waals surface area contributed by atoms with Gasteiger partial charge in [0.15, 0.2) is 0 Å². The monoisotopic (exact) mass is 394 g/mol. The number of rotatable bonds is 4.